The molecule has 1 atom stereocenters. The molecule has 1 aliphatic carbocycles. The first-order valence-corrected chi connectivity index (χ1v) is 8.02. The summed E-state index contributed by atoms with van der Waals surface area (Å²) in [4.78, 5) is 0. The van der Waals surface area contributed by atoms with Crippen LogP contribution in [0.1, 0.15) is 67.7 Å². The van der Waals surface area contributed by atoms with E-state index >= 15 is 0 Å². The van der Waals surface area contributed by atoms with Crippen LogP contribution in [0.2, 0.25) is 0 Å². The van der Waals surface area contributed by atoms with E-state index in [9.17, 15) is 0 Å². The molecule has 2 N–H and O–H groups in total. The van der Waals surface area contributed by atoms with E-state index in [1.165, 1.54) is 55.2 Å². The standard InChI is InChI=1S/C18H29NO/c1-13-12-18(20-3)14(2)11-16(13)17(19)10-9-15-7-5-4-6-8-15/h11-12,15,17H,4-10,19H2,1-3H3. The molecule has 1 unspecified atom stereocenters. The van der Waals surface area contributed by atoms with E-state index in [0.717, 1.165) is 18.1 Å². The number of methoxy groups -OCH3 is 1. The average Bonchev–Trinajstić information content (AvgIpc) is 2.47. The summed E-state index contributed by atoms with van der Waals surface area (Å²) in [6.45, 7) is 4.23. The van der Waals surface area contributed by atoms with E-state index in [1.54, 1.807) is 7.11 Å². The molecule has 1 aromatic carbocycles. The summed E-state index contributed by atoms with van der Waals surface area (Å²) >= 11 is 0. The Morgan fingerprint density at radius 3 is 2.50 bits per heavy atom. The molecule has 112 valence electrons. The van der Waals surface area contributed by atoms with Crippen LogP contribution in [-0.4, -0.2) is 7.11 Å². The van der Waals surface area contributed by atoms with Crippen LogP contribution in [-0.2, 0) is 0 Å². The lowest BCUT2D eigenvalue weighted by molar-refractivity contribution is 0.324. The normalized spacial score (nSPS) is 18.0. The van der Waals surface area contributed by atoms with E-state index in [4.69, 9.17) is 10.5 Å². The maximum atomic E-state index is 6.43. The Labute approximate surface area is 123 Å². The summed E-state index contributed by atoms with van der Waals surface area (Å²) in [5, 5.41) is 0. The molecule has 2 nitrogen and oxygen atoms in total. The van der Waals surface area contributed by atoms with Gasteiger partial charge in [0.2, 0.25) is 0 Å². The Morgan fingerprint density at radius 1 is 1.15 bits per heavy atom. The predicted octanol–water partition coefficient (Wildman–Crippen LogP) is 4.67. The molecule has 0 spiro atoms. The van der Waals surface area contributed by atoms with Crippen LogP contribution in [0.25, 0.3) is 0 Å². The van der Waals surface area contributed by atoms with Crippen molar-refractivity contribution in [3.63, 3.8) is 0 Å². The van der Waals surface area contributed by atoms with Gasteiger partial charge in [0.05, 0.1) is 7.11 Å². The third-order valence-corrected chi connectivity index (χ3v) is 4.79. The lowest BCUT2D eigenvalue weighted by atomic mass is 9.84. The first-order chi connectivity index (χ1) is 9.61. The van der Waals surface area contributed by atoms with Crippen LogP contribution < -0.4 is 10.5 Å². The minimum Gasteiger partial charge on any atom is -0.496 e. The van der Waals surface area contributed by atoms with Crippen molar-refractivity contribution in [3.05, 3.63) is 28.8 Å². The molecule has 2 heteroatoms. The van der Waals surface area contributed by atoms with Crippen molar-refractivity contribution in [1.29, 1.82) is 0 Å². The molecular formula is C18H29NO. The molecule has 0 heterocycles. The van der Waals surface area contributed by atoms with Gasteiger partial charge in [0.25, 0.3) is 0 Å². The van der Waals surface area contributed by atoms with Crippen molar-refractivity contribution >= 4 is 0 Å². The number of hydrogen-bond donors (Lipinski definition) is 1. The molecule has 0 aliphatic heterocycles. The highest BCUT2D eigenvalue weighted by Crippen LogP contribution is 2.32. The highest BCUT2D eigenvalue weighted by atomic mass is 16.5. The molecule has 1 aliphatic rings. The second kappa shape index (κ2) is 7.12. The zero-order valence-corrected chi connectivity index (χ0v) is 13.2. The molecule has 1 fully saturated rings. The second-order valence-corrected chi connectivity index (χ2v) is 6.37. The molecule has 0 bridgehead atoms. The van der Waals surface area contributed by atoms with Gasteiger partial charge < -0.3 is 10.5 Å². The molecule has 2 rings (SSSR count). The summed E-state index contributed by atoms with van der Waals surface area (Å²) < 4.78 is 5.37. The Balaban J connectivity index is 1.97. The minimum atomic E-state index is 0.168. The van der Waals surface area contributed by atoms with Gasteiger partial charge in [-0.15, -0.1) is 0 Å². The van der Waals surface area contributed by atoms with E-state index in [0.29, 0.717) is 0 Å². The van der Waals surface area contributed by atoms with E-state index < -0.39 is 0 Å². The van der Waals surface area contributed by atoms with Crippen molar-refractivity contribution in [1.82, 2.24) is 0 Å². The molecule has 0 radical (unpaired) electrons. The van der Waals surface area contributed by atoms with E-state index in [2.05, 4.69) is 26.0 Å². The maximum absolute atomic E-state index is 6.43. The van der Waals surface area contributed by atoms with Crippen molar-refractivity contribution in [2.24, 2.45) is 11.7 Å². The summed E-state index contributed by atoms with van der Waals surface area (Å²) in [6, 6.07) is 4.49. The smallest absolute Gasteiger partial charge is 0.122 e. The van der Waals surface area contributed by atoms with Gasteiger partial charge in [-0.2, -0.15) is 0 Å². The summed E-state index contributed by atoms with van der Waals surface area (Å²) in [5.74, 6) is 1.88. The SMILES string of the molecule is COc1cc(C)c(C(N)CCC2CCCCC2)cc1C. The fraction of sp³-hybridized carbons (Fsp3) is 0.667. The van der Waals surface area contributed by atoms with Gasteiger partial charge in [0.15, 0.2) is 0 Å². The Hall–Kier alpha value is -1.02. The lowest BCUT2D eigenvalue weighted by Gasteiger charge is -2.24. The van der Waals surface area contributed by atoms with Gasteiger partial charge in [-0.25, -0.2) is 0 Å². The van der Waals surface area contributed by atoms with Gasteiger partial charge in [0.1, 0.15) is 5.75 Å². The minimum absolute atomic E-state index is 0.168. The largest absolute Gasteiger partial charge is 0.496 e. The van der Waals surface area contributed by atoms with Crippen LogP contribution in [0.4, 0.5) is 0 Å². The quantitative estimate of drug-likeness (QED) is 0.847. The Kier molecular flexibility index (Phi) is 5.47. The monoisotopic (exact) mass is 275 g/mol. The van der Waals surface area contributed by atoms with Crippen molar-refractivity contribution in [2.75, 3.05) is 7.11 Å². The molecule has 0 amide bonds. The third kappa shape index (κ3) is 3.76. The Bertz CT molecular complexity index is 435. The third-order valence-electron chi connectivity index (χ3n) is 4.79. The summed E-state index contributed by atoms with van der Waals surface area (Å²) in [7, 11) is 1.73. The van der Waals surface area contributed by atoms with E-state index in [-0.39, 0.29) is 6.04 Å². The predicted molar refractivity (Wildman–Crippen MR) is 85.2 cm³/mol. The van der Waals surface area contributed by atoms with E-state index in [1.807, 2.05) is 0 Å². The fourth-order valence-electron chi connectivity index (χ4n) is 3.48. The number of aryl methyl sites for hydroxylation is 2. The second-order valence-electron chi connectivity index (χ2n) is 6.37. The number of hydrogen-bond acceptors (Lipinski definition) is 2. The fourth-order valence-corrected chi connectivity index (χ4v) is 3.48. The molecule has 0 aromatic heterocycles. The van der Waals surface area contributed by atoms with Crippen molar-refractivity contribution in [3.8, 4) is 5.75 Å². The van der Waals surface area contributed by atoms with Crippen molar-refractivity contribution in [2.45, 2.75) is 64.8 Å². The van der Waals surface area contributed by atoms with Crippen LogP contribution in [0.15, 0.2) is 12.1 Å². The van der Waals surface area contributed by atoms with Gasteiger partial charge >= 0.3 is 0 Å². The molecule has 1 aromatic rings. The molecular weight excluding hydrogens is 246 g/mol. The molecule has 0 saturated heterocycles. The number of benzene rings is 1. The topological polar surface area (TPSA) is 35.2 Å². The summed E-state index contributed by atoms with van der Waals surface area (Å²) in [6.07, 6.45) is 9.48. The first-order valence-electron chi connectivity index (χ1n) is 8.02. The number of rotatable bonds is 5. The highest BCUT2D eigenvalue weighted by molar-refractivity contribution is 5.42. The van der Waals surface area contributed by atoms with Gasteiger partial charge in [-0.05, 0) is 55.4 Å². The van der Waals surface area contributed by atoms with Crippen molar-refractivity contribution < 1.29 is 4.74 Å². The van der Waals surface area contributed by atoms with Gasteiger partial charge in [-0.3, -0.25) is 0 Å². The summed E-state index contributed by atoms with van der Waals surface area (Å²) in [5.41, 5.74) is 10.2. The zero-order valence-electron chi connectivity index (χ0n) is 13.2. The number of nitrogens with two attached hydrogens (primary N) is 1. The molecule has 20 heavy (non-hydrogen) atoms. The Morgan fingerprint density at radius 2 is 1.85 bits per heavy atom. The first kappa shape index (κ1) is 15.4. The zero-order chi connectivity index (χ0) is 14.5. The van der Waals surface area contributed by atoms with Gasteiger partial charge in [0, 0.05) is 6.04 Å². The van der Waals surface area contributed by atoms with Crippen LogP contribution >= 0.6 is 0 Å². The van der Waals surface area contributed by atoms with Crippen LogP contribution in [0.3, 0.4) is 0 Å². The highest BCUT2D eigenvalue weighted by Gasteiger charge is 2.17. The average molecular weight is 275 g/mol. The van der Waals surface area contributed by atoms with Gasteiger partial charge in [-0.1, -0.05) is 38.2 Å². The van der Waals surface area contributed by atoms with Crippen LogP contribution in [0, 0.1) is 19.8 Å². The maximum Gasteiger partial charge on any atom is 0.122 e. The molecule has 1 saturated carbocycles. The lowest BCUT2D eigenvalue weighted by Crippen LogP contribution is -2.15. The number of ether oxygens (including phenoxy) is 1. The van der Waals surface area contributed by atoms with Crippen LogP contribution in [0.5, 0.6) is 5.75 Å².